The van der Waals surface area contributed by atoms with Gasteiger partial charge in [0.05, 0.1) is 11.6 Å². The molecule has 3 aromatic rings. The van der Waals surface area contributed by atoms with Crippen LogP contribution in [0.4, 0.5) is 11.5 Å². The normalized spacial score (nSPS) is 15.3. The van der Waals surface area contributed by atoms with E-state index < -0.39 is 0 Å². The van der Waals surface area contributed by atoms with Crippen LogP contribution in [0.5, 0.6) is 0 Å². The quantitative estimate of drug-likeness (QED) is 0.592. The summed E-state index contributed by atoms with van der Waals surface area (Å²) in [4.78, 5) is 9.34. The number of nitrogens with zero attached hydrogens (tertiary/aromatic N) is 2. The Labute approximate surface area is 166 Å². The van der Waals surface area contributed by atoms with Crippen molar-refractivity contribution in [1.29, 1.82) is 0 Å². The van der Waals surface area contributed by atoms with E-state index in [1.807, 2.05) is 19.1 Å². The lowest BCUT2D eigenvalue weighted by Gasteiger charge is -2.19. The zero-order valence-corrected chi connectivity index (χ0v) is 16.7. The smallest absolute Gasteiger partial charge is 0.138 e. The Morgan fingerprint density at radius 1 is 1.11 bits per heavy atom. The molecule has 5 nitrogen and oxygen atoms in total. The van der Waals surface area contributed by atoms with Crippen LogP contribution < -0.4 is 16.4 Å². The van der Waals surface area contributed by atoms with Gasteiger partial charge >= 0.3 is 0 Å². The van der Waals surface area contributed by atoms with E-state index >= 15 is 0 Å². The number of nitrogens with two attached hydrogens (primary N) is 1. The SMILES string of the molecule is Cc1cc(N)cc([C@@H](C)Nc2nc(C)nc3ccc(C4=CCNCC4)cc23)c1. The molecular weight excluding hydrogens is 346 g/mol. The average molecular weight is 374 g/mol. The van der Waals surface area contributed by atoms with Gasteiger partial charge in [-0.1, -0.05) is 18.2 Å². The third-order valence-electron chi connectivity index (χ3n) is 5.22. The molecule has 0 saturated heterocycles. The minimum atomic E-state index is 0.0847. The van der Waals surface area contributed by atoms with Crippen LogP contribution >= 0.6 is 0 Å². The van der Waals surface area contributed by atoms with Crippen molar-refractivity contribution in [3.63, 3.8) is 0 Å². The fraction of sp³-hybridized carbons (Fsp3) is 0.304. The highest BCUT2D eigenvalue weighted by Crippen LogP contribution is 2.30. The molecule has 2 aromatic carbocycles. The fourth-order valence-electron chi connectivity index (χ4n) is 3.82. The van der Waals surface area contributed by atoms with Crippen molar-refractivity contribution in [2.45, 2.75) is 33.2 Å². The van der Waals surface area contributed by atoms with Crippen LogP contribution in [-0.4, -0.2) is 23.1 Å². The molecule has 0 saturated carbocycles. The summed E-state index contributed by atoms with van der Waals surface area (Å²) in [5.41, 5.74) is 12.7. The number of fused-ring (bicyclic) bond motifs is 1. The van der Waals surface area contributed by atoms with Gasteiger partial charge in [-0.15, -0.1) is 0 Å². The van der Waals surface area contributed by atoms with Gasteiger partial charge in [-0.25, -0.2) is 9.97 Å². The van der Waals surface area contributed by atoms with Gasteiger partial charge in [0.15, 0.2) is 0 Å². The largest absolute Gasteiger partial charge is 0.399 e. The van der Waals surface area contributed by atoms with Gasteiger partial charge in [0.25, 0.3) is 0 Å². The zero-order chi connectivity index (χ0) is 19.7. The molecule has 144 valence electrons. The van der Waals surface area contributed by atoms with Crippen molar-refractivity contribution in [2.24, 2.45) is 0 Å². The molecule has 5 heteroatoms. The van der Waals surface area contributed by atoms with Crippen molar-refractivity contribution in [3.8, 4) is 0 Å². The summed E-state index contributed by atoms with van der Waals surface area (Å²) < 4.78 is 0. The zero-order valence-electron chi connectivity index (χ0n) is 16.7. The highest BCUT2D eigenvalue weighted by molar-refractivity contribution is 5.92. The van der Waals surface area contributed by atoms with E-state index in [1.54, 1.807) is 0 Å². The van der Waals surface area contributed by atoms with Gasteiger partial charge in [-0.05, 0) is 80.3 Å². The second kappa shape index (κ2) is 7.60. The third kappa shape index (κ3) is 3.85. The highest BCUT2D eigenvalue weighted by atomic mass is 15.0. The van der Waals surface area contributed by atoms with Crippen molar-refractivity contribution in [1.82, 2.24) is 15.3 Å². The summed E-state index contributed by atoms with van der Waals surface area (Å²) in [5, 5.41) is 8.01. The monoisotopic (exact) mass is 373 g/mol. The van der Waals surface area contributed by atoms with E-state index in [0.29, 0.717) is 0 Å². The molecular formula is C23H27N5. The summed E-state index contributed by atoms with van der Waals surface area (Å²) in [6, 6.07) is 12.7. The van der Waals surface area contributed by atoms with Crippen molar-refractivity contribution < 1.29 is 0 Å². The Kier molecular flexibility index (Phi) is 5.01. The minimum Gasteiger partial charge on any atom is -0.399 e. The fourth-order valence-corrected chi connectivity index (χ4v) is 3.82. The third-order valence-corrected chi connectivity index (χ3v) is 5.22. The number of anilines is 2. The van der Waals surface area contributed by atoms with Crippen LogP contribution in [0.3, 0.4) is 0 Å². The highest BCUT2D eigenvalue weighted by Gasteiger charge is 2.14. The Bertz CT molecular complexity index is 1030. The first kappa shape index (κ1) is 18.4. The Morgan fingerprint density at radius 3 is 2.71 bits per heavy atom. The molecule has 0 radical (unpaired) electrons. The number of benzene rings is 2. The molecule has 0 bridgehead atoms. The number of nitrogen functional groups attached to an aromatic ring is 1. The summed E-state index contributed by atoms with van der Waals surface area (Å²) >= 11 is 0. The predicted octanol–water partition coefficient (Wildman–Crippen LogP) is 4.38. The first-order valence-corrected chi connectivity index (χ1v) is 9.82. The summed E-state index contributed by atoms with van der Waals surface area (Å²) in [6.07, 6.45) is 3.31. The van der Waals surface area contributed by atoms with E-state index in [2.05, 4.69) is 59.8 Å². The maximum absolute atomic E-state index is 6.04. The van der Waals surface area contributed by atoms with Gasteiger partial charge < -0.3 is 16.4 Å². The molecule has 1 atom stereocenters. The van der Waals surface area contributed by atoms with Gasteiger partial charge in [0.2, 0.25) is 0 Å². The Morgan fingerprint density at radius 2 is 1.96 bits per heavy atom. The molecule has 0 spiro atoms. The topological polar surface area (TPSA) is 75.9 Å². The maximum Gasteiger partial charge on any atom is 0.138 e. The number of rotatable bonds is 4. The number of aryl methyl sites for hydroxylation is 2. The average Bonchev–Trinajstić information content (AvgIpc) is 2.67. The van der Waals surface area contributed by atoms with Crippen molar-refractivity contribution in [3.05, 3.63) is 65.0 Å². The Hall–Kier alpha value is -2.92. The number of hydrogen-bond acceptors (Lipinski definition) is 5. The van der Waals surface area contributed by atoms with E-state index in [-0.39, 0.29) is 6.04 Å². The van der Waals surface area contributed by atoms with Crippen LogP contribution in [0.1, 0.15) is 41.9 Å². The van der Waals surface area contributed by atoms with Crippen LogP contribution in [0.2, 0.25) is 0 Å². The van der Waals surface area contributed by atoms with Crippen molar-refractivity contribution >= 4 is 28.0 Å². The summed E-state index contributed by atoms with van der Waals surface area (Å²) in [6.45, 7) is 8.08. The summed E-state index contributed by atoms with van der Waals surface area (Å²) in [5.74, 6) is 1.63. The molecule has 4 rings (SSSR count). The van der Waals surface area contributed by atoms with Crippen LogP contribution in [0.25, 0.3) is 16.5 Å². The second-order valence-electron chi connectivity index (χ2n) is 7.58. The van der Waals surface area contributed by atoms with Crippen molar-refractivity contribution in [2.75, 3.05) is 24.1 Å². The summed E-state index contributed by atoms with van der Waals surface area (Å²) in [7, 11) is 0. The van der Waals surface area contributed by atoms with E-state index in [4.69, 9.17) is 10.7 Å². The molecule has 0 amide bonds. The lowest BCUT2D eigenvalue weighted by atomic mass is 9.98. The van der Waals surface area contributed by atoms with Gasteiger partial charge in [-0.3, -0.25) is 0 Å². The molecule has 0 unspecified atom stereocenters. The second-order valence-corrected chi connectivity index (χ2v) is 7.58. The first-order chi connectivity index (χ1) is 13.5. The number of aromatic nitrogens is 2. The molecule has 28 heavy (non-hydrogen) atoms. The standard InChI is InChI=1S/C23H27N5/c1-14-10-19(12-20(24)11-14)15(2)26-23-21-13-18(17-6-8-25-9-7-17)4-5-22(21)27-16(3)28-23/h4-6,10-13,15,25H,7-9,24H2,1-3H3,(H,26,27,28)/t15-/m1/s1. The maximum atomic E-state index is 6.04. The molecule has 0 aliphatic carbocycles. The van der Waals surface area contributed by atoms with E-state index in [0.717, 1.165) is 58.9 Å². The molecule has 1 aliphatic heterocycles. The minimum absolute atomic E-state index is 0.0847. The van der Waals surface area contributed by atoms with Gasteiger partial charge in [0.1, 0.15) is 11.6 Å². The van der Waals surface area contributed by atoms with Crippen LogP contribution in [-0.2, 0) is 0 Å². The lowest BCUT2D eigenvalue weighted by Crippen LogP contribution is -2.20. The van der Waals surface area contributed by atoms with Gasteiger partial charge in [-0.2, -0.15) is 0 Å². The molecule has 1 aromatic heterocycles. The van der Waals surface area contributed by atoms with Gasteiger partial charge in [0, 0.05) is 17.6 Å². The molecule has 0 fully saturated rings. The van der Waals surface area contributed by atoms with E-state index in [1.165, 1.54) is 11.1 Å². The predicted molar refractivity (Wildman–Crippen MR) is 117 cm³/mol. The number of hydrogen-bond donors (Lipinski definition) is 3. The number of nitrogens with one attached hydrogen (secondary N) is 2. The van der Waals surface area contributed by atoms with Crippen LogP contribution in [0, 0.1) is 13.8 Å². The molecule has 2 heterocycles. The first-order valence-electron chi connectivity index (χ1n) is 9.82. The van der Waals surface area contributed by atoms with E-state index in [9.17, 15) is 0 Å². The van der Waals surface area contributed by atoms with Crippen LogP contribution in [0.15, 0.2) is 42.5 Å². The molecule has 4 N–H and O–H groups in total. The lowest BCUT2D eigenvalue weighted by molar-refractivity contribution is 0.738. The molecule has 1 aliphatic rings. The Balaban J connectivity index is 1.73.